The Bertz CT molecular complexity index is 528. The van der Waals surface area contributed by atoms with Gasteiger partial charge in [-0.05, 0) is 43.9 Å². The summed E-state index contributed by atoms with van der Waals surface area (Å²) in [5.41, 5.74) is 2.74. The van der Waals surface area contributed by atoms with Gasteiger partial charge in [0, 0.05) is 25.6 Å². The van der Waals surface area contributed by atoms with Crippen LogP contribution in [0.4, 0.5) is 0 Å². The van der Waals surface area contributed by atoms with E-state index in [-0.39, 0.29) is 18.4 Å². The molecule has 1 amide bonds. The Labute approximate surface area is 118 Å². The molecule has 1 aliphatic rings. The number of likely N-dealkylation sites (tertiary alicyclic amines) is 1. The third kappa shape index (κ3) is 3.35. The first-order valence-electron chi connectivity index (χ1n) is 6.94. The summed E-state index contributed by atoms with van der Waals surface area (Å²) >= 11 is 0. The van der Waals surface area contributed by atoms with Gasteiger partial charge in [-0.15, -0.1) is 0 Å². The van der Waals surface area contributed by atoms with E-state index in [9.17, 15) is 9.59 Å². The molecule has 108 valence electrons. The molecule has 20 heavy (non-hydrogen) atoms. The number of aryl methyl sites for hydroxylation is 2. The summed E-state index contributed by atoms with van der Waals surface area (Å²) < 4.78 is 0. The molecule has 1 aromatic heterocycles. The summed E-state index contributed by atoms with van der Waals surface area (Å²) in [6, 6.07) is 3.90. The summed E-state index contributed by atoms with van der Waals surface area (Å²) in [4.78, 5) is 28.7. The SMILES string of the molecule is CC(=O)N1CCCC1c1cc(CCC(=O)O)cc(C)n1. The summed E-state index contributed by atoms with van der Waals surface area (Å²) in [6.45, 7) is 4.26. The molecule has 0 aliphatic carbocycles. The molecule has 2 rings (SSSR count). The second-order valence-electron chi connectivity index (χ2n) is 5.31. The van der Waals surface area contributed by atoms with Crippen LogP contribution in [0.15, 0.2) is 12.1 Å². The number of carbonyl (C=O) groups is 2. The van der Waals surface area contributed by atoms with Gasteiger partial charge in [-0.25, -0.2) is 0 Å². The standard InChI is InChI=1S/C15H20N2O3/c1-10-8-12(5-6-15(19)20)9-13(16-10)14-4-3-7-17(14)11(2)18/h8-9,14H,3-7H2,1-2H3,(H,19,20). The van der Waals surface area contributed by atoms with Crippen LogP contribution < -0.4 is 0 Å². The third-order valence-electron chi connectivity index (χ3n) is 3.66. The van der Waals surface area contributed by atoms with Crippen molar-refractivity contribution in [2.24, 2.45) is 0 Å². The molecule has 0 saturated carbocycles. The number of pyridine rings is 1. The van der Waals surface area contributed by atoms with Crippen molar-refractivity contribution >= 4 is 11.9 Å². The van der Waals surface area contributed by atoms with Crippen molar-refractivity contribution in [1.82, 2.24) is 9.88 Å². The number of hydrogen-bond acceptors (Lipinski definition) is 3. The largest absolute Gasteiger partial charge is 0.481 e. The zero-order valence-corrected chi connectivity index (χ0v) is 11.9. The van der Waals surface area contributed by atoms with Gasteiger partial charge in [-0.1, -0.05) is 0 Å². The fraction of sp³-hybridized carbons (Fsp3) is 0.533. The molecular formula is C15H20N2O3. The minimum absolute atomic E-state index is 0.0379. The van der Waals surface area contributed by atoms with Gasteiger partial charge in [0.05, 0.1) is 11.7 Å². The first kappa shape index (κ1) is 14.5. The van der Waals surface area contributed by atoms with Gasteiger partial charge in [0.2, 0.25) is 5.91 Å². The summed E-state index contributed by atoms with van der Waals surface area (Å²) in [7, 11) is 0. The lowest BCUT2D eigenvalue weighted by Crippen LogP contribution is -2.28. The van der Waals surface area contributed by atoms with Gasteiger partial charge in [0.1, 0.15) is 0 Å². The average molecular weight is 276 g/mol. The number of carboxylic acid groups (broad SMARTS) is 1. The predicted octanol–water partition coefficient (Wildman–Crippen LogP) is 2.09. The molecule has 0 spiro atoms. The van der Waals surface area contributed by atoms with Crippen molar-refractivity contribution in [3.8, 4) is 0 Å². The number of aliphatic carboxylic acids is 1. The van der Waals surface area contributed by atoms with E-state index >= 15 is 0 Å². The number of amides is 1. The molecule has 1 fully saturated rings. The van der Waals surface area contributed by atoms with Crippen LogP contribution in [0.25, 0.3) is 0 Å². The van der Waals surface area contributed by atoms with E-state index in [0.29, 0.717) is 6.42 Å². The normalized spacial score (nSPS) is 18.3. The van der Waals surface area contributed by atoms with Crippen LogP contribution in [0.5, 0.6) is 0 Å². The zero-order chi connectivity index (χ0) is 14.7. The predicted molar refractivity (Wildman–Crippen MR) is 74.3 cm³/mol. The average Bonchev–Trinajstić information content (AvgIpc) is 2.85. The fourth-order valence-corrected chi connectivity index (χ4v) is 2.79. The maximum absolute atomic E-state index is 11.6. The molecule has 5 nitrogen and oxygen atoms in total. The Morgan fingerprint density at radius 2 is 2.20 bits per heavy atom. The number of hydrogen-bond donors (Lipinski definition) is 1. The van der Waals surface area contributed by atoms with Crippen LogP contribution in [0, 0.1) is 6.92 Å². The molecule has 5 heteroatoms. The Morgan fingerprint density at radius 1 is 1.45 bits per heavy atom. The van der Waals surface area contributed by atoms with E-state index in [1.165, 1.54) is 0 Å². The van der Waals surface area contributed by atoms with E-state index in [2.05, 4.69) is 4.98 Å². The molecular weight excluding hydrogens is 256 g/mol. The highest BCUT2D eigenvalue weighted by molar-refractivity contribution is 5.74. The lowest BCUT2D eigenvalue weighted by molar-refractivity contribution is -0.137. The van der Waals surface area contributed by atoms with Crippen LogP contribution in [-0.2, 0) is 16.0 Å². The second-order valence-corrected chi connectivity index (χ2v) is 5.31. The zero-order valence-electron chi connectivity index (χ0n) is 11.9. The molecule has 1 aromatic rings. The highest BCUT2D eigenvalue weighted by atomic mass is 16.4. The molecule has 0 bridgehead atoms. The number of carbonyl (C=O) groups excluding carboxylic acids is 1. The maximum Gasteiger partial charge on any atom is 0.303 e. The van der Waals surface area contributed by atoms with Crippen molar-refractivity contribution in [2.45, 2.75) is 45.6 Å². The molecule has 1 atom stereocenters. The van der Waals surface area contributed by atoms with Crippen molar-refractivity contribution in [3.05, 3.63) is 29.1 Å². The van der Waals surface area contributed by atoms with Gasteiger partial charge in [0.25, 0.3) is 0 Å². The van der Waals surface area contributed by atoms with E-state index in [0.717, 1.165) is 36.3 Å². The molecule has 1 unspecified atom stereocenters. The van der Waals surface area contributed by atoms with Crippen molar-refractivity contribution in [2.75, 3.05) is 6.54 Å². The highest BCUT2D eigenvalue weighted by Gasteiger charge is 2.29. The molecule has 1 N–H and O–H groups in total. The first-order valence-corrected chi connectivity index (χ1v) is 6.94. The number of carboxylic acids is 1. The summed E-state index contributed by atoms with van der Waals surface area (Å²) in [5.74, 6) is -0.727. The second kappa shape index (κ2) is 6.03. The fourth-order valence-electron chi connectivity index (χ4n) is 2.79. The van der Waals surface area contributed by atoms with Gasteiger partial charge in [0.15, 0.2) is 0 Å². The highest BCUT2D eigenvalue weighted by Crippen LogP contribution is 2.31. The van der Waals surface area contributed by atoms with Crippen molar-refractivity contribution < 1.29 is 14.7 Å². The van der Waals surface area contributed by atoms with Gasteiger partial charge >= 0.3 is 5.97 Å². The van der Waals surface area contributed by atoms with Crippen LogP contribution >= 0.6 is 0 Å². The number of nitrogens with zero attached hydrogens (tertiary/aromatic N) is 2. The minimum atomic E-state index is -0.799. The quantitative estimate of drug-likeness (QED) is 0.914. The van der Waals surface area contributed by atoms with Crippen LogP contribution in [0.1, 0.15) is 49.2 Å². The van der Waals surface area contributed by atoms with Gasteiger partial charge in [-0.2, -0.15) is 0 Å². The van der Waals surface area contributed by atoms with Gasteiger partial charge in [-0.3, -0.25) is 14.6 Å². The Hall–Kier alpha value is -1.91. The Morgan fingerprint density at radius 3 is 2.85 bits per heavy atom. The van der Waals surface area contributed by atoms with Crippen LogP contribution in [0.2, 0.25) is 0 Å². The monoisotopic (exact) mass is 276 g/mol. The topological polar surface area (TPSA) is 70.5 Å². The third-order valence-corrected chi connectivity index (χ3v) is 3.66. The molecule has 2 heterocycles. The minimum Gasteiger partial charge on any atom is -0.481 e. The molecule has 0 radical (unpaired) electrons. The smallest absolute Gasteiger partial charge is 0.303 e. The summed E-state index contributed by atoms with van der Waals surface area (Å²) in [6.07, 6.45) is 2.53. The van der Waals surface area contributed by atoms with E-state index in [4.69, 9.17) is 5.11 Å². The van der Waals surface area contributed by atoms with E-state index < -0.39 is 5.97 Å². The maximum atomic E-state index is 11.6. The lowest BCUT2D eigenvalue weighted by atomic mass is 10.0. The Balaban J connectivity index is 2.23. The summed E-state index contributed by atoms with van der Waals surface area (Å²) in [5, 5.41) is 8.77. The van der Waals surface area contributed by atoms with Crippen molar-refractivity contribution in [1.29, 1.82) is 0 Å². The number of aromatic nitrogens is 1. The van der Waals surface area contributed by atoms with Crippen molar-refractivity contribution in [3.63, 3.8) is 0 Å². The van der Waals surface area contributed by atoms with E-state index in [1.807, 2.05) is 24.0 Å². The lowest BCUT2D eigenvalue weighted by Gasteiger charge is -2.23. The van der Waals surface area contributed by atoms with Crippen LogP contribution in [0.3, 0.4) is 0 Å². The number of rotatable bonds is 4. The Kier molecular flexibility index (Phi) is 4.37. The molecule has 1 saturated heterocycles. The van der Waals surface area contributed by atoms with Gasteiger partial charge < -0.3 is 10.0 Å². The van der Waals surface area contributed by atoms with Crippen LogP contribution in [-0.4, -0.2) is 33.4 Å². The first-order chi connectivity index (χ1) is 9.47. The van der Waals surface area contributed by atoms with E-state index in [1.54, 1.807) is 6.92 Å². The molecule has 1 aliphatic heterocycles. The molecule has 0 aromatic carbocycles.